The van der Waals surface area contributed by atoms with Gasteiger partial charge >= 0.3 is 12.1 Å². The number of rotatable bonds is 9. The lowest BCUT2D eigenvalue weighted by Crippen LogP contribution is -2.47. The molecule has 9 heteroatoms. The molecule has 1 spiro atoms. The molecule has 3 saturated heterocycles. The molecule has 3 fully saturated rings. The van der Waals surface area contributed by atoms with Crippen LogP contribution in [0.5, 0.6) is 11.8 Å². The molecule has 0 saturated carbocycles. The van der Waals surface area contributed by atoms with E-state index in [4.69, 9.17) is 14.2 Å². The van der Waals surface area contributed by atoms with Crippen LogP contribution >= 0.6 is 0 Å². The van der Waals surface area contributed by atoms with Crippen molar-refractivity contribution in [1.82, 2.24) is 14.9 Å². The van der Waals surface area contributed by atoms with Crippen LogP contribution in [-0.4, -0.2) is 78.5 Å². The predicted octanol–water partition coefficient (Wildman–Crippen LogP) is 4.12. The van der Waals surface area contributed by atoms with Gasteiger partial charge in [0.1, 0.15) is 11.4 Å². The summed E-state index contributed by atoms with van der Waals surface area (Å²) in [5, 5.41) is 0. The number of likely N-dealkylation sites (tertiary alicyclic amines) is 1. The van der Waals surface area contributed by atoms with Crippen LogP contribution in [0, 0.1) is 0 Å². The Labute approximate surface area is 213 Å². The summed E-state index contributed by atoms with van der Waals surface area (Å²) in [5.41, 5.74) is 1.33. The highest BCUT2D eigenvalue weighted by Crippen LogP contribution is 2.37. The molecule has 4 heterocycles. The van der Waals surface area contributed by atoms with Crippen LogP contribution in [0.25, 0.3) is 0 Å². The fraction of sp³-hybridized carbons (Fsp3) is 0.593. The molecule has 2 aromatic rings. The van der Waals surface area contributed by atoms with Gasteiger partial charge in [0, 0.05) is 44.2 Å². The van der Waals surface area contributed by atoms with Crippen LogP contribution < -0.4 is 19.3 Å². The first-order valence-electron chi connectivity index (χ1n) is 13.2. The van der Waals surface area contributed by atoms with E-state index in [1.807, 2.05) is 6.92 Å². The topological polar surface area (TPSA) is 80.3 Å². The van der Waals surface area contributed by atoms with Gasteiger partial charge in [0.05, 0.1) is 37.8 Å². The summed E-state index contributed by atoms with van der Waals surface area (Å²) < 4.78 is 17.2. The van der Waals surface area contributed by atoms with Crippen LogP contribution in [0.4, 0.5) is 16.2 Å². The third kappa shape index (κ3) is 5.51. The Hall–Kier alpha value is -3.07. The number of benzene rings is 1. The Morgan fingerprint density at radius 2 is 1.81 bits per heavy atom. The number of carbonyl (C=O) groups is 1. The molecular weight excluding hydrogens is 458 g/mol. The maximum atomic E-state index is 12.6. The lowest BCUT2D eigenvalue weighted by molar-refractivity contribution is 0.0367. The zero-order chi connectivity index (χ0) is 25.0. The van der Waals surface area contributed by atoms with E-state index in [0.717, 1.165) is 51.3 Å². The lowest BCUT2D eigenvalue weighted by Gasteiger charge is -2.38. The van der Waals surface area contributed by atoms with Gasteiger partial charge in [0.15, 0.2) is 0 Å². The number of anilines is 2. The highest BCUT2D eigenvalue weighted by atomic mass is 16.6. The minimum absolute atomic E-state index is 0.310. The first-order chi connectivity index (χ1) is 17.5. The highest BCUT2D eigenvalue weighted by Gasteiger charge is 2.47. The molecule has 0 bridgehead atoms. The fourth-order valence-electron chi connectivity index (χ4n) is 5.44. The van der Waals surface area contributed by atoms with Crippen LogP contribution in [0.1, 0.15) is 46.0 Å². The van der Waals surface area contributed by atoms with E-state index in [9.17, 15) is 4.79 Å². The predicted molar refractivity (Wildman–Crippen MR) is 138 cm³/mol. The molecular formula is C27H37N5O4. The Kier molecular flexibility index (Phi) is 7.46. The molecule has 3 aliphatic rings. The van der Waals surface area contributed by atoms with Gasteiger partial charge in [-0.05, 0) is 63.9 Å². The van der Waals surface area contributed by atoms with Crippen molar-refractivity contribution in [2.24, 2.45) is 0 Å². The molecule has 0 radical (unpaired) electrons. The van der Waals surface area contributed by atoms with E-state index >= 15 is 0 Å². The molecule has 1 aromatic heterocycles. The molecule has 0 aliphatic carbocycles. The number of hydrogen-bond donors (Lipinski definition) is 0. The third-order valence-electron chi connectivity index (χ3n) is 7.60. The average Bonchev–Trinajstić information content (AvgIpc) is 3.45. The minimum atomic E-state index is -0.470. The Balaban J connectivity index is 1.09. The molecule has 36 heavy (non-hydrogen) atoms. The van der Waals surface area contributed by atoms with Crippen molar-refractivity contribution in [2.45, 2.75) is 57.6 Å². The van der Waals surface area contributed by atoms with E-state index in [1.54, 1.807) is 17.3 Å². The third-order valence-corrected chi connectivity index (χ3v) is 7.60. The Morgan fingerprint density at radius 3 is 2.47 bits per heavy atom. The summed E-state index contributed by atoms with van der Waals surface area (Å²) in [5.74, 6) is 0.916. The fourth-order valence-corrected chi connectivity index (χ4v) is 5.44. The first kappa shape index (κ1) is 24.6. The number of carbonyl (C=O) groups excluding carboxylic acids is 1. The summed E-state index contributed by atoms with van der Waals surface area (Å²) >= 11 is 0. The number of nitrogens with zero attached hydrogens (tertiary/aromatic N) is 5. The zero-order valence-corrected chi connectivity index (χ0v) is 21.4. The molecule has 1 aromatic carbocycles. The summed E-state index contributed by atoms with van der Waals surface area (Å²) in [6.45, 7) is 9.95. The minimum Gasteiger partial charge on any atom is -0.494 e. The van der Waals surface area contributed by atoms with E-state index in [-0.39, 0.29) is 6.09 Å². The molecule has 3 aliphatic heterocycles. The monoisotopic (exact) mass is 495 g/mol. The SMILES string of the molecule is CCOc1ncc(N2CC3(CCN(c4ccc(OCCCN5CCC[C@H]5C)cc4)CC3)OC2=O)cn1. The number of amides is 1. The van der Waals surface area contributed by atoms with Crippen molar-refractivity contribution in [3.63, 3.8) is 0 Å². The number of piperidine rings is 1. The average molecular weight is 496 g/mol. The van der Waals surface area contributed by atoms with Crippen molar-refractivity contribution in [2.75, 3.05) is 55.7 Å². The molecule has 5 rings (SSSR count). The quantitative estimate of drug-likeness (QED) is 0.481. The van der Waals surface area contributed by atoms with Crippen LogP contribution in [0.2, 0.25) is 0 Å². The van der Waals surface area contributed by atoms with Gasteiger partial charge in [0.25, 0.3) is 0 Å². The standard InChI is InChI=1S/C27H37N5O4/c1-3-34-25-28-18-23(19-29-25)32-20-27(36-26(32)33)11-15-31(16-12-27)22-7-9-24(10-8-22)35-17-5-14-30-13-4-6-21(30)2/h7-10,18-19,21H,3-6,11-17,20H2,1-2H3/t21-/m1/s1. The number of ether oxygens (including phenoxy) is 3. The van der Waals surface area contributed by atoms with Crippen molar-refractivity contribution in [3.8, 4) is 11.8 Å². The Bertz CT molecular complexity index is 1010. The van der Waals surface area contributed by atoms with E-state index in [0.29, 0.717) is 30.9 Å². The van der Waals surface area contributed by atoms with Gasteiger partial charge in [-0.25, -0.2) is 14.8 Å². The van der Waals surface area contributed by atoms with Crippen LogP contribution in [-0.2, 0) is 4.74 Å². The number of aromatic nitrogens is 2. The molecule has 9 nitrogen and oxygen atoms in total. The van der Waals surface area contributed by atoms with Crippen LogP contribution in [0.15, 0.2) is 36.7 Å². The van der Waals surface area contributed by atoms with Crippen molar-refractivity contribution >= 4 is 17.5 Å². The normalized spacial score (nSPS) is 21.7. The van der Waals surface area contributed by atoms with Crippen molar-refractivity contribution in [1.29, 1.82) is 0 Å². The van der Waals surface area contributed by atoms with Gasteiger partial charge in [0.2, 0.25) is 0 Å². The second-order valence-electron chi connectivity index (χ2n) is 10.0. The van der Waals surface area contributed by atoms with Crippen molar-refractivity contribution < 1.29 is 19.0 Å². The number of hydrogen-bond acceptors (Lipinski definition) is 8. The summed E-state index contributed by atoms with van der Waals surface area (Å²) in [6, 6.07) is 9.39. The molecule has 1 atom stereocenters. The van der Waals surface area contributed by atoms with Gasteiger partial charge in [-0.2, -0.15) is 0 Å². The van der Waals surface area contributed by atoms with Gasteiger partial charge in [-0.1, -0.05) is 0 Å². The summed E-state index contributed by atoms with van der Waals surface area (Å²) in [7, 11) is 0. The molecule has 1 amide bonds. The first-order valence-corrected chi connectivity index (χ1v) is 13.2. The summed E-state index contributed by atoms with van der Waals surface area (Å²) in [6.07, 6.45) is 8.14. The smallest absolute Gasteiger partial charge is 0.415 e. The molecule has 194 valence electrons. The maximum absolute atomic E-state index is 12.6. The van der Waals surface area contributed by atoms with Gasteiger partial charge in [-0.15, -0.1) is 0 Å². The maximum Gasteiger partial charge on any atom is 0.415 e. The van der Waals surface area contributed by atoms with Crippen LogP contribution in [0.3, 0.4) is 0 Å². The second kappa shape index (κ2) is 10.9. The van der Waals surface area contributed by atoms with Gasteiger partial charge < -0.3 is 24.0 Å². The molecule has 0 N–H and O–H groups in total. The van der Waals surface area contributed by atoms with Gasteiger partial charge in [-0.3, -0.25) is 4.90 Å². The van der Waals surface area contributed by atoms with E-state index in [2.05, 4.69) is 51.0 Å². The lowest BCUT2D eigenvalue weighted by atomic mass is 9.91. The van der Waals surface area contributed by atoms with Crippen molar-refractivity contribution in [3.05, 3.63) is 36.7 Å². The largest absolute Gasteiger partial charge is 0.494 e. The molecule has 0 unspecified atom stereocenters. The zero-order valence-electron chi connectivity index (χ0n) is 21.4. The second-order valence-corrected chi connectivity index (χ2v) is 10.0. The summed E-state index contributed by atoms with van der Waals surface area (Å²) in [4.78, 5) is 27.5. The van der Waals surface area contributed by atoms with E-state index < -0.39 is 5.60 Å². The highest BCUT2D eigenvalue weighted by molar-refractivity contribution is 5.90. The van der Waals surface area contributed by atoms with E-state index in [1.165, 1.54) is 25.1 Å². The Morgan fingerprint density at radius 1 is 1.06 bits per heavy atom.